The highest BCUT2D eigenvalue weighted by Crippen LogP contribution is 3.00. The van der Waals surface area contributed by atoms with Crippen molar-refractivity contribution in [3.8, 4) is 0 Å². The fourth-order valence-electron chi connectivity index (χ4n) is 3.90. The highest BCUT2D eigenvalue weighted by atomic mass is 15.0. The van der Waals surface area contributed by atoms with E-state index in [2.05, 4.69) is 20.8 Å². The third kappa shape index (κ3) is 0.222. The molecule has 3 rings (SSSR count). The van der Waals surface area contributed by atoms with Crippen molar-refractivity contribution >= 4 is 0 Å². The molecule has 4 unspecified atom stereocenters. The molecule has 0 bridgehead atoms. The fourth-order valence-corrected chi connectivity index (χ4v) is 3.90. The van der Waals surface area contributed by atoms with Crippen molar-refractivity contribution in [2.24, 2.45) is 28.6 Å². The minimum atomic E-state index is 0.867. The van der Waals surface area contributed by atoms with E-state index in [1.165, 1.54) is 5.92 Å². The molecule has 3 fully saturated rings. The quantitative estimate of drug-likeness (QED) is 0.462. The maximum absolute atomic E-state index is 2.48. The summed E-state index contributed by atoms with van der Waals surface area (Å²) in [5, 5.41) is 0. The molecule has 0 aromatic heterocycles. The van der Waals surface area contributed by atoms with E-state index in [1.54, 1.807) is 6.42 Å². The highest BCUT2D eigenvalue weighted by Gasteiger charge is 2.96. The van der Waals surface area contributed by atoms with E-state index < -0.39 is 0 Å². The van der Waals surface area contributed by atoms with E-state index in [4.69, 9.17) is 0 Å². The summed E-state index contributed by atoms with van der Waals surface area (Å²) in [6.45, 7) is 7.35. The zero-order chi connectivity index (χ0) is 6.44. The molecule has 4 atom stereocenters. The first-order chi connectivity index (χ1) is 4.15. The molecule has 3 aliphatic carbocycles. The van der Waals surface area contributed by atoms with Gasteiger partial charge >= 0.3 is 0 Å². The van der Waals surface area contributed by atoms with E-state index >= 15 is 0 Å². The molecule has 3 aliphatic rings. The van der Waals surface area contributed by atoms with Crippen LogP contribution in [0.3, 0.4) is 0 Å². The summed E-state index contributed by atoms with van der Waals surface area (Å²) in [5.74, 6) is 3.32. The van der Waals surface area contributed by atoms with Gasteiger partial charge in [-0.25, -0.2) is 0 Å². The van der Waals surface area contributed by atoms with Crippen LogP contribution in [0.25, 0.3) is 0 Å². The molecular formula is C9H14. The van der Waals surface area contributed by atoms with Crippen LogP contribution in [0.1, 0.15) is 27.2 Å². The van der Waals surface area contributed by atoms with Crippen molar-refractivity contribution in [2.75, 3.05) is 0 Å². The summed E-state index contributed by atoms with van der Waals surface area (Å²) in [7, 11) is 0. The second-order valence-corrected chi connectivity index (χ2v) is 4.68. The molecule has 0 N–H and O–H groups in total. The highest BCUT2D eigenvalue weighted by molar-refractivity contribution is 5.43. The maximum atomic E-state index is 2.48. The van der Waals surface area contributed by atoms with Crippen LogP contribution < -0.4 is 0 Å². The lowest BCUT2D eigenvalue weighted by molar-refractivity contribution is 0.449. The monoisotopic (exact) mass is 122 g/mol. The first-order valence-corrected chi connectivity index (χ1v) is 4.15. The Bertz CT molecular complexity index is 181. The first kappa shape index (κ1) is 4.76. The zero-order valence-corrected chi connectivity index (χ0v) is 6.44. The number of hydrogen-bond donors (Lipinski definition) is 0. The third-order valence-electron chi connectivity index (χ3n) is 4.87. The standard InChI is InChI=1S/C9H14/c1-5-6(2)9(5)7-4-8(7,9)3/h5-7H,4H2,1-3H3. The molecule has 1 spiro atoms. The molecule has 0 nitrogen and oxygen atoms in total. The van der Waals surface area contributed by atoms with Gasteiger partial charge in [-0.1, -0.05) is 20.8 Å². The lowest BCUT2D eigenvalue weighted by Gasteiger charge is -2.03. The van der Waals surface area contributed by atoms with Gasteiger partial charge in [-0.3, -0.25) is 0 Å². The summed E-state index contributed by atoms with van der Waals surface area (Å²) in [6, 6.07) is 0. The minimum absolute atomic E-state index is 0.867. The predicted octanol–water partition coefficient (Wildman–Crippen LogP) is 2.30. The molecule has 0 aromatic rings. The molecule has 0 saturated heterocycles. The average molecular weight is 122 g/mol. The minimum Gasteiger partial charge on any atom is -0.0617 e. The molecule has 0 aromatic carbocycles. The molecule has 50 valence electrons. The second-order valence-electron chi connectivity index (χ2n) is 4.68. The lowest BCUT2D eigenvalue weighted by Crippen LogP contribution is -1.97. The Morgan fingerprint density at radius 1 is 1.22 bits per heavy atom. The van der Waals surface area contributed by atoms with E-state index in [-0.39, 0.29) is 0 Å². The van der Waals surface area contributed by atoms with Gasteiger partial charge in [-0.05, 0) is 35.0 Å². The smallest absolute Gasteiger partial charge is 0.0150 e. The van der Waals surface area contributed by atoms with Gasteiger partial charge in [0, 0.05) is 0 Å². The fraction of sp³-hybridized carbons (Fsp3) is 1.00. The summed E-state index contributed by atoms with van der Waals surface area (Å²) < 4.78 is 0. The van der Waals surface area contributed by atoms with Crippen LogP contribution in [0.2, 0.25) is 0 Å². The maximum Gasteiger partial charge on any atom is -0.0150 e. The molecule has 0 heterocycles. The van der Waals surface area contributed by atoms with Gasteiger partial charge in [0.15, 0.2) is 0 Å². The Morgan fingerprint density at radius 2 is 1.67 bits per heavy atom. The molecular weight excluding hydrogens is 108 g/mol. The van der Waals surface area contributed by atoms with Crippen molar-refractivity contribution in [3.63, 3.8) is 0 Å². The van der Waals surface area contributed by atoms with Gasteiger partial charge in [0.1, 0.15) is 0 Å². The van der Waals surface area contributed by atoms with E-state index in [1.807, 2.05) is 0 Å². The van der Waals surface area contributed by atoms with Gasteiger partial charge in [-0.2, -0.15) is 0 Å². The summed E-state index contributed by atoms with van der Waals surface area (Å²) in [4.78, 5) is 0. The number of hydrogen-bond acceptors (Lipinski definition) is 0. The summed E-state index contributed by atoms with van der Waals surface area (Å²) >= 11 is 0. The van der Waals surface area contributed by atoms with Crippen LogP contribution in [0.4, 0.5) is 0 Å². The van der Waals surface area contributed by atoms with Crippen molar-refractivity contribution in [1.29, 1.82) is 0 Å². The van der Waals surface area contributed by atoms with Crippen LogP contribution >= 0.6 is 0 Å². The Balaban J connectivity index is 1.99. The van der Waals surface area contributed by atoms with Crippen LogP contribution in [0, 0.1) is 28.6 Å². The molecule has 0 radical (unpaired) electrons. The Hall–Kier alpha value is 0. The third-order valence-corrected chi connectivity index (χ3v) is 4.87. The molecule has 0 heteroatoms. The van der Waals surface area contributed by atoms with Gasteiger partial charge < -0.3 is 0 Å². The van der Waals surface area contributed by atoms with Crippen LogP contribution in [0.15, 0.2) is 0 Å². The van der Waals surface area contributed by atoms with E-state index in [0.717, 1.165) is 22.7 Å². The molecule has 0 aliphatic heterocycles. The first-order valence-electron chi connectivity index (χ1n) is 4.15. The second kappa shape index (κ2) is 0.810. The SMILES string of the molecule is CC1C(C)C12C1CC12C. The van der Waals surface area contributed by atoms with Crippen molar-refractivity contribution in [2.45, 2.75) is 27.2 Å². The summed E-state index contributed by atoms with van der Waals surface area (Å²) in [5.41, 5.74) is 1.78. The van der Waals surface area contributed by atoms with Crippen LogP contribution in [-0.4, -0.2) is 0 Å². The zero-order valence-electron chi connectivity index (χ0n) is 6.44. The predicted molar refractivity (Wildman–Crippen MR) is 37.0 cm³/mol. The van der Waals surface area contributed by atoms with E-state index in [9.17, 15) is 0 Å². The van der Waals surface area contributed by atoms with Gasteiger partial charge in [0.05, 0.1) is 0 Å². The van der Waals surface area contributed by atoms with Crippen molar-refractivity contribution in [1.82, 2.24) is 0 Å². The van der Waals surface area contributed by atoms with Crippen LogP contribution in [0.5, 0.6) is 0 Å². The lowest BCUT2D eigenvalue weighted by atomic mass is 10.0. The van der Waals surface area contributed by atoms with Crippen LogP contribution in [-0.2, 0) is 0 Å². The topological polar surface area (TPSA) is 0 Å². The van der Waals surface area contributed by atoms with Gasteiger partial charge in [0.2, 0.25) is 0 Å². The molecule has 0 amide bonds. The molecule has 3 saturated carbocycles. The Labute approximate surface area is 56.6 Å². The van der Waals surface area contributed by atoms with E-state index in [0.29, 0.717) is 0 Å². The normalized spacial score (nSPS) is 82.3. The molecule has 9 heavy (non-hydrogen) atoms. The largest absolute Gasteiger partial charge is 0.0617 e. The van der Waals surface area contributed by atoms with Gasteiger partial charge in [0.25, 0.3) is 0 Å². The Kier molecular flexibility index (Phi) is 0.428. The van der Waals surface area contributed by atoms with Crippen molar-refractivity contribution < 1.29 is 0 Å². The number of rotatable bonds is 0. The summed E-state index contributed by atoms with van der Waals surface area (Å²) in [6.07, 6.45) is 1.56. The Morgan fingerprint density at radius 3 is 1.67 bits per heavy atom. The number of fused-ring (bicyclic) bond motifs is 3. The van der Waals surface area contributed by atoms with Crippen molar-refractivity contribution in [3.05, 3.63) is 0 Å². The van der Waals surface area contributed by atoms with Gasteiger partial charge in [-0.15, -0.1) is 0 Å². The average Bonchev–Trinajstić information content (AvgIpc) is 2.59.